The number of hydrogen-bond donors (Lipinski definition) is 1. The van der Waals surface area contributed by atoms with E-state index in [1.54, 1.807) is 0 Å². The Bertz CT molecular complexity index is 691. The highest BCUT2D eigenvalue weighted by molar-refractivity contribution is 5.94. The molecule has 3 rings (SSSR count). The topological polar surface area (TPSA) is 47.6 Å². The monoisotopic (exact) mass is 339 g/mol. The Labute approximate surface area is 149 Å². The van der Waals surface area contributed by atoms with Crippen molar-refractivity contribution in [3.8, 4) is 11.5 Å². The molecule has 2 aromatic rings. The number of carbonyl (C=O) groups is 1. The molecule has 1 saturated carbocycles. The largest absolute Gasteiger partial charge is 0.494 e. The lowest BCUT2D eigenvalue weighted by Crippen LogP contribution is -2.23. The number of amides is 1. The van der Waals surface area contributed by atoms with Gasteiger partial charge >= 0.3 is 0 Å². The van der Waals surface area contributed by atoms with Crippen LogP contribution in [0.1, 0.15) is 48.5 Å². The predicted octanol–water partition coefficient (Wildman–Crippen LogP) is 4.34. The highest BCUT2D eigenvalue weighted by Gasteiger charge is 2.16. The maximum Gasteiger partial charge on any atom is 0.251 e. The van der Waals surface area contributed by atoms with Gasteiger partial charge in [0.2, 0.25) is 0 Å². The maximum absolute atomic E-state index is 12.4. The second-order valence-electron chi connectivity index (χ2n) is 6.27. The Kier molecular flexibility index (Phi) is 5.94. The molecule has 0 saturated heterocycles. The molecule has 0 unspecified atom stereocenters. The zero-order valence-corrected chi connectivity index (χ0v) is 14.7. The minimum atomic E-state index is -0.0984. The van der Waals surface area contributed by atoms with Crippen molar-refractivity contribution in [3.05, 3.63) is 59.7 Å². The summed E-state index contributed by atoms with van der Waals surface area (Å²) in [6, 6.07) is 15.1. The Balaban J connectivity index is 1.56. The number of para-hydroxylation sites is 1. The zero-order valence-electron chi connectivity index (χ0n) is 14.7. The first-order chi connectivity index (χ1) is 12.3. The summed E-state index contributed by atoms with van der Waals surface area (Å²) in [6.07, 6.45) is 5.07. The van der Waals surface area contributed by atoms with E-state index >= 15 is 0 Å². The third kappa shape index (κ3) is 4.75. The second kappa shape index (κ2) is 8.56. The number of benzene rings is 2. The maximum atomic E-state index is 12.4. The molecule has 0 atom stereocenters. The Morgan fingerprint density at radius 3 is 2.52 bits per heavy atom. The van der Waals surface area contributed by atoms with Gasteiger partial charge in [-0.05, 0) is 62.9 Å². The fraction of sp³-hybridized carbons (Fsp3) is 0.381. The predicted molar refractivity (Wildman–Crippen MR) is 98.1 cm³/mol. The summed E-state index contributed by atoms with van der Waals surface area (Å²) in [5.41, 5.74) is 1.60. The molecule has 4 heteroatoms. The van der Waals surface area contributed by atoms with Gasteiger partial charge in [-0.15, -0.1) is 0 Å². The summed E-state index contributed by atoms with van der Waals surface area (Å²) in [5.74, 6) is 1.55. The number of rotatable bonds is 7. The van der Waals surface area contributed by atoms with Crippen molar-refractivity contribution in [2.45, 2.75) is 45.3 Å². The number of nitrogens with one attached hydrogen (secondary N) is 1. The molecule has 0 bridgehead atoms. The normalized spacial score (nSPS) is 14.3. The van der Waals surface area contributed by atoms with Crippen LogP contribution in [0.25, 0.3) is 0 Å². The summed E-state index contributed by atoms with van der Waals surface area (Å²) in [6.45, 7) is 2.99. The molecule has 0 heterocycles. The summed E-state index contributed by atoms with van der Waals surface area (Å²) >= 11 is 0. The lowest BCUT2D eigenvalue weighted by atomic mass is 10.1. The zero-order chi connectivity index (χ0) is 17.5. The standard InChI is InChI=1S/C21H25NO3/c1-2-24-20-10-6-3-7-17(20)15-22-21(23)16-11-13-19(14-12-16)25-18-8-4-5-9-18/h3,6-7,10-14,18H,2,4-5,8-9,15H2,1H3,(H,22,23). The van der Waals surface area contributed by atoms with Crippen LogP contribution in [0.4, 0.5) is 0 Å². The summed E-state index contributed by atoms with van der Waals surface area (Å²) in [5, 5.41) is 2.95. The molecule has 1 aliphatic rings. The Hall–Kier alpha value is -2.49. The second-order valence-corrected chi connectivity index (χ2v) is 6.27. The van der Waals surface area contributed by atoms with Gasteiger partial charge in [0.25, 0.3) is 5.91 Å². The van der Waals surface area contributed by atoms with Crippen LogP contribution in [0.15, 0.2) is 48.5 Å². The van der Waals surface area contributed by atoms with E-state index in [0.29, 0.717) is 24.8 Å². The third-order valence-electron chi connectivity index (χ3n) is 4.43. The highest BCUT2D eigenvalue weighted by atomic mass is 16.5. The third-order valence-corrected chi connectivity index (χ3v) is 4.43. The molecule has 2 aromatic carbocycles. The van der Waals surface area contributed by atoms with Gasteiger partial charge in [-0.3, -0.25) is 4.79 Å². The number of carbonyl (C=O) groups excluding carboxylic acids is 1. The van der Waals surface area contributed by atoms with E-state index in [4.69, 9.17) is 9.47 Å². The van der Waals surface area contributed by atoms with Crippen LogP contribution in [-0.2, 0) is 6.54 Å². The quantitative estimate of drug-likeness (QED) is 0.816. The van der Waals surface area contributed by atoms with Crippen LogP contribution in [0.3, 0.4) is 0 Å². The van der Waals surface area contributed by atoms with Gasteiger partial charge in [-0.1, -0.05) is 18.2 Å². The minimum absolute atomic E-state index is 0.0984. The van der Waals surface area contributed by atoms with E-state index in [9.17, 15) is 4.79 Å². The van der Waals surface area contributed by atoms with Crippen molar-refractivity contribution < 1.29 is 14.3 Å². The van der Waals surface area contributed by atoms with Gasteiger partial charge in [0, 0.05) is 17.7 Å². The van der Waals surface area contributed by atoms with Crippen molar-refractivity contribution >= 4 is 5.91 Å². The minimum Gasteiger partial charge on any atom is -0.494 e. The average molecular weight is 339 g/mol. The molecule has 4 nitrogen and oxygen atoms in total. The fourth-order valence-corrected chi connectivity index (χ4v) is 3.11. The lowest BCUT2D eigenvalue weighted by Gasteiger charge is -2.13. The van der Waals surface area contributed by atoms with E-state index in [1.165, 1.54) is 12.8 Å². The van der Waals surface area contributed by atoms with E-state index in [0.717, 1.165) is 29.9 Å². The van der Waals surface area contributed by atoms with Crippen molar-refractivity contribution in [1.82, 2.24) is 5.32 Å². The summed E-state index contributed by atoms with van der Waals surface area (Å²) in [4.78, 5) is 12.4. The average Bonchev–Trinajstić information content (AvgIpc) is 3.15. The number of ether oxygens (including phenoxy) is 2. The van der Waals surface area contributed by atoms with Gasteiger partial charge in [0.05, 0.1) is 12.7 Å². The highest BCUT2D eigenvalue weighted by Crippen LogP contribution is 2.24. The first kappa shape index (κ1) is 17.3. The molecule has 0 aliphatic heterocycles. The van der Waals surface area contributed by atoms with Crippen molar-refractivity contribution in [3.63, 3.8) is 0 Å². The van der Waals surface area contributed by atoms with Gasteiger partial charge in [0.15, 0.2) is 0 Å². The smallest absolute Gasteiger partial charge is 0.251 e. The molecular weight excluding hydrogens is 314 g/mol. The van der Waals surface area contributed by atoms with Gasteiger partial charge in [-0.25, -0.2) is 0 Å². The SMILES string of the molecule is CCOc1ccccc1CNC(=O)c1ccc(OC2CCCC2)cc1. The van der Waals surface area contributed by atoms with Crippen LogP contribution in [-0.4, -0.2) is 18.6 Å². The first-order valence-electron chi connectivity index (χ1n) is 9.02. The molecule has 25 heavy (non-hydrogen) atoms. The number of hydrogen-bond acceptors (Lipinski definition) is 3. The van der Waals surface area contributed by atoms with Crippen LogP contribution in [0.5, 0.6) is 11.5 Å². The van der Waals surface area contributed by atoms with Crippen molar-refractivity contribution in [2.75, 3.05) is 6.61 Å². The molecule has 1 aliphatic carbocycles. The van der Waals surface area contributed by atoms with E-state index in [2.05, 4.69) is 5.32 Å². The van der Waals surface area contributed by atoms with E-state index in [1.807, 2.05) is 55.5 Å². The Morgan fingerprint density at radius 2 is 1.80 bits per heavy atom. The van der Waals surface area contributed by atoms with Crippen molar-refractivity contribution in [2.24, 2.45) is 0 Å². The molecule has 0 radical (unpaired) electrons. The molecule has 1 fully saturated rings. The van der Waals surface area contributed by atoms with Crippen LogP contribution in [0.2, 0.25) is 0 Å². The molecular formula is C21H25NO3. The lowest BCUT2D eigenvalue weighted by molar-refractivity contribution is 0.0950. The molecule has 0 spiro atoms. The van der Waals surface area contributed by atoms with E-state index in [-0.39, 0.29) is 5.91 Å². The van der Waals surface area contributed by atoms with Crippen LogP contribution >= 0.6 is 0 Å². The van der Waals surface area contributed by atoms with Gasteiger partial charge < -0.3 is 14.8 Å². The van der Waals surface area contributed by atoms with Gasteiger partial charge in [-0.2, -0.15) is 0 Å². The van der Waals surface area contributed by atoms with Gasteiger partial charge in [0.1, 0.15) is 11.5 Å². The molecule has 1 amide bonds. The molecule has 0 aromatic heterocycles. The Morgan fingerprint density at radius 1 is 1.08 bits per heavy atom. The fourth-order valence-electron chi connectivity index (χ4n) is 3.11. The summed E-state index contributed by atoms with van der Waals surface area (Å²) < 4.78 is 11.5. The van der Waals surface area contributed by atoms with E-state index < -0.39 is 0 Å². The van der Waals surface area contributed by atoms with Crippen LogP contribution in [0, 0.1) is 0 Å². The molecule has 1 N–H and O–H groups in total. The first-order valence-corrected chi connectivity index (χ1v) is 9.02. The van der Waals surface area contributed by atoms with Crippen LogP contribution < -0.4 is 14.8 Å². The van der Waals surface area contributed by atoms with Crippen molar-refractivity contribution in [1.29, 1.82) is 0 Å². The summed E-state index contributed by atoms with van der Waals surface area (Å²) in [7, 11) is 0. The molecule has 132 valence electrons.